The van der Waals surface area contributed by atoms with Crippen LogP contribution < -0.4 is 10.9 Å². The fraction of sp³-hybridized carbons (Fsp3) is 0.360. The average Bonchev–Trinajstić information content (AvgIpc) is 2.77. The minimum absolute atomic E-state index is 0.0492. The first-order valence-electron chi connectivity index (χ1n) is 10.9. The van der Waals surface area contributed by atoms with Crippen LogP contribution in [0, 0.1) is 11.3 Å². The van der Waals surface area contributed by atoms with Gasteiger partial charge < -0.3 is 10.3 Å². The third-order valence-electron chi connectivity index (χ3n) is 6.40. The number of thioether (sulfide) groups is 1. The van der Waals surface area contributed by atoms with Gasteiger partial charge in [0, 0.05) is 36.2 Å². The molecule has 7 heteroatoms. The molecule has 3 aromatic rings. The fourth-order valence-corrected chi connectivity index (χ4v) is 5.89. The van der Waals surface area contributed by atoms with Gasteiger partial charge in [0.25, 0.3) is 5.56 Å². The normalized spacial score (nSPS) is 23.7. The molecule has 3 heterocycles. The summed E-state index contributed by atoms with van der Waals surface area (Å²) >= 11 is 1.45. The second-order valence-corrected chi connectivity index (χ2v) is 10.4. The van der Waals surface area contributed by atoms with Gasteiger partial charge in [0.1, 0.15) is 11.6 Å². The Balaban J connectivity index is 1.56. The largest absolute Gasteiger partial charge is 0.366 e. The van der Waals surface area contributed by atoms with Crippen LogP contribution in [0.5, 0.6) is 0 Å². The van der Waals surface area contributed by atoms with E-state index < -0.39 is 0 Å². The first kappa shape index (κ1) is 20.9. The Morgan fingerprint density at radius 2 is 1.88 bits per heavy atom. The van der Waals surface area contributed by atoms with Gasteiger partial charge in [-0.1, -0.05) is 62.0 Å². The molecule has 164 valence electrons. The van der Waals surface area contributed by atoms with Gasteiger partial charge in [0.05, 0.1) is 11.3 Å². The maximum atomic E-state index is 13.3. The molecule has 1 fully saturated rings. The van der Waals surface area contributed by atoms with Gasteiger partial charge >= 0.3 is 0 Å². The predicted molar refractivity (Wildman–Crippen MR) is 126 cm³/mol. The van der Waals surface area contributed by atoms with Crippen molar-refractivity contribution in [3.8, 4) is 0 Å². The van der Waals surface area contributed by atoms with E-state index >= 15 is 0 Å². The number of aromatic nitrogens is 3. The van der Waals surface area contributed by atoms with Crippen LogP contribution in [0.2, 0.25) is 0 Å². The number of hydrogen-bond acceptors (Lipinski definition) is 6. The number of nitrogens with one attached hydrogen (secondary N) is 2. The van der Waals surface area contributed by atoms with Crippen molar-refractivity contribution < 1.29 is 4.79 Å². The van der Waals surface area contributed by atoms with E-state index in [2.05, 4.69) is 29.1 Å². The minimum atomic E-state index is -0.299. The van der Waals surface area contributed by atoms with Crippen molar-refractivity contribution in [2.24, 2.45) is 11.3 Å². The second kappa shape index (κ2) is 8.20. The summed E-state index contributed by atoms with van der Waals surface area (Å²) in [6.07, 6.45) is 3.14. The summed E-state index contributed by atoms with van der Waals surface area (Å²) < 4.78 is 0. The molecule has 2 N–H and O–H groups in total. The number of rotatable bonds is 4. The zero-order valence-corrected chi connectivity index (χ0v) is 19.0. The molecule has 32 heavy (non-hydrogen) atoms. The van der Waals surface area contributed by atoms with Crippen LogP contribution in [-0.2, 0) is 10.5 Å². The van der Waals surface area contributed by atoms with Gasteiger partial charge in [-0.05, 0) is 29.5 Å². The summed E-state index contributed by atoms with van der Waals surface area (Å²) in [5.74, 6) is 0.853. The van der Waals surface area contributed by atoms with Crippen LogP contribution in [0.3, 0.4) is 0 Å². The number of ketones is 1. The Morgan fingerprint density at radius 1 is 1.09 bits per heavy atom. The van der Waals surface area contributed by atoms with Gasteiger partial charge in [-0.15, -0.1) is 0 Å². The molecule has 0 spiro atoms. The van der Waals surface area contributed by atoms with Crippen LogP contribution >= 0.6 is 11.8 Å². The van der Waals surface area contributed by atoms with Gasteiger partial charge in [0.15, 0.2) is 5.16 Å². The topological polar surface area (TPSA) is 87.7 Å². The molecule has 3 unspecified atom stereocenters. The number of carbonyl (C=O) groups excluding carboxylic acids is 1. The van der Waals surface area contributed by atoms with Gasteiger partial charge in [-0.3, -0.25) is 14.6 Å². The average molecular weight is 447 g/mol. The van der Waals surface area contributed by atoms with Crippen LogP contribution in [0.1, 0.15) is 49.4 Å². The van der Waals surface area contributed by atoms with E-state index in [-0.39, 0.29) is 34.6 Å². The molecule has 3 atom stereocenters. The molecule has 6 nitrogen and oxygen atoms in total. The number of hydrogen-bond donors (Lipinski definition) is 2. The summed E-state index contributed by atoms with van der Waals surface area (Å²) in [6.45, 7) is 4.27. The first-order chi connectivity index (χ1) is 15.4. The molecular weight excluding hydrogens is 420 g/mol. The lowest BCUT2D eigenvalue weighted by atomic mass is 9.62. The number of aromatic amines is 1. The van der Waals surface area contributed by atoms with Gasteiger partial charge in [0.2, 0.25) is 0 Å². The van der Waals surface area contributed by atoms with Crippen molar-refractivity contribution in [1.82, 2.24) is 15.0 Å². The lowest BCUT2D eigenvalue weighted by Gasteiger charge is -2.46. The Labute approximate surface area is 191 Å². The van der Waals surface area contributed by atoms with E-state index in [4.69, 9.17) is 4.98 Å². The van der Waals surface area contributed by atoms with Crippen molar-refractivity contribution in [1.29, 1.82) is 0 Å². The van der Waals surface area contributed by atoms with Gasteiger partial charge in [-0.2, -0.15) is 0 Å². The molecule has 1 aromatic carbocycles. The molecule has 0 bridgehead atoms. The fourth-order valence-electron chi connectivity index (χ4n) is 5.11. The zero-order chi connectivity index (χ0) is 22.3. The van der Waals surface area contributed by atoms with Gasteiger partial charge in [-0.25, -0.2) is 4.98 Å². The summed E-state index contributed by atoms with van der Waals surface area (Å²) in [4.78, 5) is 38.7. The highest BCUT2D eigenvalue weighted by molar-refractivity contribution is 7.98. The molecule has 0 amide bonds. The zero-order valence-electron chi connectivity index (χ0n) is 18.2. The summed E-state index contributed by atoms with van der Waals surface area (Å²) in [5, 5.41) is 4.04. The number of pyridine rings is 1. The van der Waals surface area contributed by atoms with Crippen molar-refractivity contribution in [3.05, 3.63) is 81.9 Å². The smallest absolute Gasteiger partial charge is 0.257 e. The molecule has 1 saturated carbocycles. The molecule has 1 aliphatic carbocycles. The highest BCUT2D eigenvalue weighted by atomic mass is 32.2. The predicted octanol–water partition coefficient (Wildman–Crippen LogP) is 4.39. The van der Waals surface area contributed by atoms with Crippen LogP contribution in [-0.4, -0.2) is 26.8 Å². The molecule has 0 saturated heterocycles. The Morgan fingerprint density at radius 3 is 2.62 bits per heavy atom. The maximum Gasteiger partial charge on any atom is 0.257 e. The number of anilines is 1. The summed E-state index contributed by atoms with van der Waals surface area (Å²) in [5.41, 5.74) is 2.21. The third-order valence-corrected chi connectivity index (χ3v) is 7.30. The number of H-pyrrole nitrogens is 1. The highest BCUT2D eigenvalue weighted by Crippen LogP contribution is 2.48. The van der Waals surface area contributed by atoms with Crippen LogP contribution in [0.4, 0.5) is 5.82 Å². The van der Waals surface area contributed by atoms with Crippen molar-refractivity contribution in [3.63, 3.8) is 0 Å². The quantitative estimate of drug-likeness (QED) is 0.457. The Bertz CT molecular complexity index is 1190. The number of benzene rings is 1. The minimum Gasteiger partial charge on any atom is -0.366 e. The maximum absolute atomic E-state index is 13.3. The molecule has 5 rings (SSSR count). The summed E-state index contributed by atoms with van der Waals surface area (Å²) in [7, 11) is 0. The molecule has 2 aliphatic rings. The second-order valence-electron chi connectivity index (χ2n) is 9.42. The molecule has 1 aliphatic heterocycles. The lowest BCUT2D eigenvalue weighted by molar-refractivity contribution is -0.129. The molecule has 2 aromatic heterocycles. The monoisotopic (exact) mass is 446 g/mol. The molecular formula is C25H26N4O2S. The van der Waals surface area contributed by atoms with E-state index in [1.165, 1.54) is 11.8 Å². The van der Waals surface area contributed by atoms with Crippen molar-refractivity contribution in [2.75, 3.05) is 5.32 Å². The lowest BCUT2D eigenvalue weighted by Crippen LogP contribution is -2.51. The van der Waals surface area contributed by atoms with Crippen molar-refractivity contribution >= 4 is 23.4 Å². The summed E-state index contributed by atoms with van der Waals surface area (Å²) in [6, 6.07) is 15.6. The van der Waals surface area contributed by atoms with E-state index in [0.717, 1.165) is 17.7 Å². The van der Waals surface area contributed by atoms with E-state index in [1.54, 1.807) is 6.20 Å². The standard InChI is InChI=1S/C25H26N4O2S/c1-25(2)12-17-20(18(30)13-25)19(15-8-4-3-5-9-15)21-22(27-17)28-24(29-23(21)31)32-14-16-10-6-7-11-26-16/h3-11,17,19-20H,12-14H2,1-2H3,(H2,27,28,29,31). The number of fused-ring (bicyclic) bond motifs is 2. The third kappa shape index (κ3) is 3.97. The van der Waals surface area contributed by atoms with E-state index in [9.17, 15) is 9.59 Å². The Hall–Kier alpha value is -2.93. The van der Waals surface area contributed by atoms with E-state index in [0.29, 0.717) is 28.7 Å². The SMILES string of the molecule is CC1(C)CC(=O)C2C(C1)Nc1nc(SCc3ccccn3)[nH]c(=O)c1C2c1ccccc1. The first-order valence-corrected chi connectivity index (χ1v) is 11.9. The number of nitrogens with zero attached hydrogens (tertiary/aromatic N) is 2. The number of Topliss-reactive ketones (excluding diaryl/α,β-unsaturated/α-hetero) is 1. The van der Waals surface area contributed by atoms with Crippen molar-refractivity contribution in [2.45, 2.75) is 49.6 Å². The van der Waals surface area contributed by atoms with E-state index in [1.807, 2.05) is 48.5 Å². The van der Waals surface area contributed by atoms with Crippen LogP contribution in [0.25, 0.3) is 0 Å². The Kier molecular flexibility index (Phi) is 5.37. The molecule has 0 radical (unpaired) electrons. The highest BCUT2D eigenvalue weighted by Gasteiger charge is 2.49. The number of carbonyl (C=O) groups is 1. The van der Waals surface area contributed by atoms with Crippen LogP contribution in [0.15, 0.2) is 64.7 Å².